The second-order valence-electron chi connectivity index (χ2n) is 6.63. The van der Waals surface area contributed by atoms with E-state index in [9.17, 15) is 0 Å². The summed E-state index contributed by atoms with van der Waals surface area (Å²) in [5.41, 5.74) is 0. The third kappa shape index (κ3) is 14.8. The largest absolute Gasteiger partial charge is 0.376 e. The van der Waals surface area contributed by atoms with Gasteiger partial charge in [0, 0.05) is 0 Å². The van der Waals surface area contributed by atoms with E-state index in [2.05, 4.69) is 13.8 Å². The summed E-state index contributed by atoms with van der Waals surface area (Å²) in [6, 6.07) is 0. The second kappa shape index (κ2) is 14.5. The van der Waals surface area contributed by atoms with Crippen LogP contribution in [0.4, 0.5) is 0 Å². The Morgan fingerprint density at radius 2 is 0.955 bits per heavy atom. The van der Waals surface area contributed by atoms with Crippen LogP contribution in [0.5, 0.6) is 0 Å². The molecule has 2 aliphatic heterocycles. The van der Waals surface area contributed by atoms with Crippen molar-refractivity contribution >= 4 is 0 Å². The summed E-state index contributed by atoms with van der Waals surface area (Å²) in [6.45, 7) is 7.83. The predicted octanol–water partition coefficient (Wildman–Crippen LogP) is 5.12. The minimum atomic E-state index is 0.392. The van der Waals surface area contributed by atoms with Crippen LogP contribution in [-0.2, 0) is 14.2 Å². The first-order valence-electron chi connectivity index (χ1n) is 9.67. The first-order valence-corrected chi connectivity index (χ1v) is 9.67. The van der Waals surface area contributed by atoms with Crippen molar-refractivity contribution in [3.8, 4) is 0 Å². The highest BCUT2D eigenvalue weighted by atomic mass is 16.6. The topological polar surface area (TPSA) is 34.3 Å². The summed E-state index contributed by atoms with van der Waals surface area (Å²) >= 11 is 0. The lowest BCUT2D eigenvalue weighted by Gasteiger charge is -2.00. The van der Waals surface area contributed by atoms with Gasteiger partial charge < -0.3 is 14.2 Å². The van der Waals surface area contributed by atoms with Crippen molar-refractivity contribution in [2.45, 2.75) is 96.7 Å². The standard InChI is InChI=1S/C13H28.C6H10O3/c1-3-5-7-9-11-13-12-10-8-6-4-2;1(5-3-8-5)7-2-6-4-9-6/h3-13H2,1-2H3;5-6H,1-4H2. The summed E-state index contributed by atoms with van der Waals surface area (Å²) in [6.07, 6.45) is 16.7. The highest BCUT2D eigenvalue weighted by Gasteiger charge is 2.26. The highest BCUT2D eigenvalue weighted by molar-refractivity contribution is 4.71. The van der Waals surface area contributed by atoms with Crippen LogP contribution in [0.15, 0.2) is 0 Å². The van der Waals surface area contributed by atoms with Gasteiger partial charge in [0.15, 0.2) is 0 Å². The van der Waals surface area contributed by atoms with Crippen LogP contribution in [0.1, 0.15) is 84.5 Å². The molecule has 3 nitrogen and oxygen atoms in total. The van der Waals surface area contributed by atoms with E-state index in [1.807, 2.05) is 0 Å². The van der Waals surface area contributed by atoms with Crippen LogP contribution in [0.3, 0.4) is 0 Å². The SMILES string of the molecule is C(OCC1CO1)C1CO1.CCCCCCCCCCCCC. The van der Waals surface area contributed by atoms with E-state index in [1.54, 1.807) is 0 Å². The average molecular weight is 315 g/mol. The Hall–Kier alpha value is -0.120. The first kappa shape index (κ1) is 19.9. The Labute approximate surface area is 138 Å². The van der Waals surface area contributed by atoms with Gasteiger partial charge in [0.1, 0.15) is 12.2 Å². The predicted molar refractivity (Wildman–Crippen MR) is 92.4 cm³/mol. The molecule has 2 atom stereocenters. The molecule has 0 spiro atoms. The molecule has 3 heteroatoms. The molecule has 2 unspecified atom stereocenters. The summed E-state index contributed by atoms with van der Waals surface area (Å²) in [5.74, 6) is 0. The lowest BCUT2D eigenvalue weighted by atomic mass is 10.1. The minimum Gasteiger partial charge on any atom is -0.376 e. The van der Waals surface area contributed by atoms with Crippen LogP contribution >= 0.6 is 0 Å². The molecular formula is C19H38O3. The van der Waals surface area contributed by atoms with Crippen LogP contribution in [0.25, 0.3) is 0 Å². The number of epoxide rings is 2. The van der Waals surface area contributed by atoms with Crippen LogP contribution in [0, 0.1) is 0 Å². The lowest BCUT2D eigenvalue weighted by molar-refractivity contribution is 0.102. The van der Waals surface area contributed by atoms with Crippen molar-refractivity contribution in [1.82, 2.24) is 0 Å². The average Bonchev–Trinajstić information content (AvgIpc) is 3.41. The third-order valence-electron chi connectivity index (χ3n) is 4.12. The van der Waals surface area contributed by atoms with Gasteiger partial charge in [-0.15, -0.1) is 0 Å². The molecule has 0 N–H and O–H groups in total. The summed E-state index contributed by atoms with van der Waals surface area (Å²) in [4.78, 5) is 0. The molecule has 0 radical (unpaired) electrons. The van der Waals surface area contributed by atoms with Crippen molar-refractivity contribution in [1.29, 1.82) is 0 Å². The molecule has 0 bridgehead atoms. The van der Waals surface area contributed by atoms with Crippen LogP contribution < -0.4 is 0 Å². The molecule has 2 fully saturated rings. The summed E-state index contributed by atoms with van der Waals surface area (Å²) < 4.78 is 15.1. The van der Waals surface area contributed by atoms with Gasteiger partial charge in [-0.3, -0.25) is 0 Å². The number of hydrogen-bond acceptors (Lipinski definition) is 3. The molecule has 2 aliphatic rings. The third-order valence-corrected chi connectivity index (χ3v) is 4.12. The van der Waals surface area contributed by atoms with Gasteiger partial charge in [-0.05, 0) is 0 Å². The zero-order valence-corrected chi connectivity index (χ0v) is 15.0. The van der Waals surface area contributed by atoms with Gasteiger partial charge in [0.05, 0.1) is 26.4 Å². The Balaban J connectivity index is 0.000000231. The number of hydrogen-bond donors (Lipinski definition) is 0. The highest BCUT2D eigenvalue weighted by Crippen LogP contribution is 2.12. The lowest BCUT2D eigenvalue weighted by Crippen LogP contribution is -2.06. The maximum Gasteiger partial charge on any atom is 0.104 e. The van der Waals surface area contributed by atoms with Crippen molar-refractivity contribution in [3.05, 3.63) is 0 Å². The molecule has 132 valence electrons. The molecule has 0 saturated carbocycles. The smallest absolute Gasteiger partial charge is 0.104 e. The number of rotatable bonds is 14. The Morgan fingerprint density at radius 3 is 1.23 bits per heavy atom. The van der Waals surface area contributed by atoms with E-state index in [-0.39, 0.29) is 0 Å². The Morgan fingerprint density at radius 1 is 0.636 bits per heavy atom. The van der Waals surface area contributed by atoms with E-state index < -0.39 is 0 Å². The van der Waals surface area contributed by atoms with Gasteiger partial charge >= 0.3 is 0 Å². The van der Waals surface area contributed by atoms with Crippen molar-refractivity contribution in [2.75, 3.05) is 26.4 Å². The van der Waals surface area contributed by atoms with Crippen LogP contribution in [-0.4, -0.2) is 38.6 Å². The van der Waals surface area contributed by atoms with Gasteiger partial charge in [-0.25, -0.2) is 0 Å². The number of unbranched alkanes of at least 4 members (excludes halogenated alkanes) is 10. The van der Waals surface area contributed by atoms with Crippen molar-refractivity contribution < 1.29 is 14.2 Å². The quantitative estimate of drug-likeness (QED) is 0.330. The molecule has 2 heterocycles. The number of ether oxygens (including phenoxy) is 3. The van der Waals surface area contributed by atoms with Gasteiger partial charge in [0.2, 0.25) is 0 Å². The summed E-state index contributed by atoms with van der Waals surface area (Å²) in [7, 11) is 0. The Bertz CT molecular complexity index is 203. The zero-order valence-electron chi connectivity index (χ0n) is 15.0. The minimum absolute atomic E-state index is 0.392. The van der Waals surface area contributed by atoms with E-state index in [0.717, 1.165) is 26.4 Å². The molecule has 0 aromatic heterocycles. The van der Waals surface area contributed by atoms with Gasteiger partial charge in [-0.2, -0.15) is 0 Å². The fourth-order valence-corrected chi connectivity index (χ4v) is 2.40. The van der Waals surface area contributed by atoms with Crippen molar-refractivity contribution in [2.24, 2.45) is 0 Å². The van der Waals surface area contributed by atoms with Crippen LogP contribution in [0.2, 0.25) is 0 Å². The Kier molecular flexibility index (Phi) is 13.1. The maximum absolute atomic E-state index is 5.23. The monoisotopic (exact) mass is 314 g/mol. The second-order valence-corrected chi connectivity index (χ2v) is 6.63. The molecule has 0 amide bonds. The molecule has 22 heavy (non-hydrogen) atoms. The first-order chi connectivity index (χ1) is 10.9. The summed E-state index contributed by atoms with van der Waals surface area (Å²) in [5, 5.41) is 0. The van der Waals surface area contributed by atoms with Gasteiger partial charge in [0.25, 0.3) is 0 Å². The zero-order chi connectivity index (χ0) is 15.9. The van der Waals surface area contributed by atoms with E-state index in [0.29, 0.717) is 12.2 Å². The van der Waals surface area contributed by atoms with Crippen molar-refractivity contribution in [3.63, 3.8) is 0 Å². The van der Waals surface area contributed by atoms with E-state index >= 15 is 0 Å². The molecular weight excluding hydrogens is 276 g/mol. The molecule has 0 aromatic rings. The fraction of sp³-hybridized carbons (Fsp3) is 1.00. The maximum atomic E-state index is 5.23. The van der Waals surface area contributed by atoms with Gasteiger partial charge in [-0.1, -0.05) is 84.5 Å². The van der Waals surface area contributed by atoms with E-state index in [1.165, 1.54) is 70.6 Å². The normalized spacial score (nSPS) is 22.1. The molecule has 2 saturated heterocycles. The molecule has 0 aromatic carbocycles. The molecule has 2 rings (SSSR count). The van der Waals surface area contributed by atoms with E-state index in [4.69, 9.17) is 14.2 Å². The molecule has 0 aliphatic carbocycles. The fourth-order valence-electron chi connectivity index (χ4n) is 2.40.